The van der Waals surface area contributed by atoms with Gasteiger partial charge in [-0.1, -0.05) is 12.1 Å². The Labute approximate surface area is 151 Å². The molecule has 1 aliphatic heterocycles. The van der Waals surface area contributed by atoms with Crippen LogP contribution < -0.4 is 0 Å². The molecule has 26 heavy (non-hydrogen) atoms. The summed E-state index contributed by atoms with van der Waals surface area (Å²) >= 11 is 0. The van der Waals surface area contributed by atoms with Crippen molar-refractivity contribution in [2.75, 3.05) is 6.61 Å². The van der Waals surface area contributed by atoms with Gasteiger partial charge in [-0.15, -0.1) is 0 Å². The molecule has 1 aromatic carbocycles. The number of hydrogen-bond acceptors (Lipinski definition) is 3. The standard InChI is InChI=1S/C21H19FN2O2/c22-17-5-3-15(4-6-17)20-18(9-13-26-14-25)19-2-1-12-24(19)21(20)16-7-10-23-11-8-16/h3-8,10-11,14H,1-2,9,12-13H2. The molecular weight excluding hydrogens is 331 g/mol. The minimum Gasteiger partial charge on any atom is -0.468 e. The molecule has 132 valence electrons. The normalized spacial score (nSPS) is 12.8. The summed E-state index contributed by atoms with van der Waals surface area (Å²) in [7, 11) is 0. The van der Waals surface area contributed by atoms with E-state index < -0.39 is 0 Å². The number of fused-ring (bicyclic) bond motifs is 1. The molecule has 0 spiro atoms. The van der Waals surface area contributed by atoms with Crippen molar-refractivity contribution in [1.82, 2.24) is 9.55 Å². The van der Waals surface area contributed by atoms with Gasteiger partial charge in [-0.2, -0.15) is 0 Å². The number of nitrogens with zero attached hydrogens (tertiary/aromatic N) is 2. The molecular formula is C21H19FN2O2. The van der Waals surface area contributed by atoms with Gasteiger partial charge in [-0.25, -0.2) is 4.39 Å². The van der Waals surface area contributed by atoms with Crippen molar-refractivity contribution < 1.29 is 13.9 Å². The number of carbonyl (C=O) groups excluding carboxylic acids is 1. The van der Waals surface area contributed by atoms with Crippen molar-refractivity contribution in [2.45, 2.75) is 25.8 Å². The monoisotopic (exact) mass is 350 g/mol. The average Bonchev–Trinajstić information content (AvgIpc) is 3.25. The van der Waals surface area contributed by atoms with E-state index in [4.69, 9.17) is 4.74 Å². The molecule has 4 rings (SSSR count). The highest BCUT2D eigenvalue weighted by Crippen LogP contribution is 2.42. The van der Waals surface area contributed by atoms with Gasteiger partial charge in [0.15, 0.2) is 0 Å². The van der Waals surface area contributed by atoms with Crippen molar-refractivity contribution >= 4 is 6.47 Å². The van der Waals surface area contributed by atoms with Gasteiger partial charge in [-0.05, 0) is 48.2 Å². The molecule has 2 aromatic heterocycles. The Morgan fingerprint density at radius 1 is 1.12 bits per heavy atom. The first-order valence-electron chi connectivity index (χ1n) is 8.75. The molecule has 0 atom stereocenters. The van der Waals surface area contributed by atoms with Gasteiger partial charge in [0.05, 0.1) is 12.3 Å². The summed E-state index contributed by atoms with van der Waals surface area (Å²) < 4.78 is 20.8. The van der Waals surface area contributed by atoms with E-state index in [-0.39, 0.29) is 5.82 Å². The number of rotatable bonds is 6. The molecule has 0 fully saturated rings. The molecule has 0 amide bonds. The van der Waals surface area contributed by atoms with Gasteiger partial charge in [0.25, 0.3) is 6.47 Å². The summed E-state index contributed by atoms with van der Waals surface area (Å²) in [4.78, 5) is 14.7. The van der Waals surface area contributed by atoms with Crippen LogP contribution in [0, 0.1) is 5.82 Å². The zero-order valence-corrected chi connectivity index (χ0v) is 14.3. The zero-order valence-electron chi connectivity index (χ0n) is 14.3. The van der Waals surface area contributed by atoms with Gasteiger partial charge in [0.2, 0.25) is 0 Å². The molecule has 4 nitrogen and oxygen atoms in total. The number of benzene rings is 1. The van der Waals surface area contributed by atoms with E-state index in [9.17, 15) is 9.18 Å². The van der Waals surface area contributed by atoms with Gasteiger partial charge in [0, 0.05) is 42.2 Å². The van der Waals surface area contributed by atoms with Crippen LogP contribution in [0.2, 0.25) is 0 Å². The number of ether oxygens (including phenoxy) is 1. The van der Waals surface area contributed by atoms with Crippen molar-refractivity contribution in [3.8, 4) is 22.4 Å². The molecule has 0 bridgehead atoms. The van der Waals surface area contributed by atoms with Gasteiger partial charge in [0.1, 0.15) is 5.82 Å². The minimum atomic E-state index is -0.253. The van der Waals surface area contributed by atoms with E-state index in [0.29, 0.717) is 19.5 Å². The van der Waals surface area contributed by atoms with E-state index >= 15 is 0 Å². The third-order valence-corrected chi connectivity index (χ3v) is 4.90. The van der Waals surface area contributed by atoms with Gasteiger partial charge >= 0.3 is 0 Å². The maximum absolute atomic E-state index is 13.5. The molecule has 0 unspecified atom stereocenters. The Balaban J connectivity index is 1.93. The SMILES string of the molecule is O=COCCc1c(-c2ccc(F)cc2)c(-c2ccncc2)n2c1CCC2. The molecule has 0 radical (unpaired) electrons. The van der Waals surface area contributed by atoms with Crippen LogP contribution in [0.1, 0.15) is 17.7 Å². The van der Waals surface area contributed by atoms with E-state index in [1.165, 1.54) is 23.4 Å². The fraction of sp³-hybridized carbons (Fsp3) is 0.238. The number of hydrogen-bond donors (Lipinski definition) is 0. The smallest absolute Gasteiger partial charge is 0.293 e. The molecule has 1 aliphatic rings. The van der Waals surface area contributed by atoms with Crippen LogP contribution in [-0.4, -0.2) is 22.6 Å². The summed E-state index contributed by atoms with van der Waals surface area (Å²) in [5.41, 5.74) is 6.76. The van der Waals surface area contributed by atoms with Crippen molar-refractivity contribution in [2.24, 2.45) is 0 Å². The fourth-order valence-electron chi connectivity index (χ4n) is 3.87. The second kappa shape index (κ2) is 7.12. The van der Waals surface area contributed by atoms with E-state index in [1.807, 2.05) is 24.3 Å². The van der Waals surface area contributed by atoms with Crippen LogP contribution in [0.15, 0.2) is 48.8 Å². The molecule has 5 heteroatoms. The third-order valence-electron chi connectivity index (χ3n) is 4.90. The number of halogens is 1. The minimum absolute atomic E-state index is 0.253. The fourth-order valence-corrected chi connectivity index (χ4v) is 3.87. The average molecular weight is 350 g/mol. The van der Waals surface area contributed by atoms with Crippen molar-refractivity contribution in [1.29, 1.82) is 0 Å². The third kappa shape index (κ3) is 2.90. The Morgan fingerprint density at radius 2 is 1.88 bits per heavy atom. The van der Waals surface area contributed by atoms with Crippen LogP contribution in [0.25, 0.3) is 22.4 Å². The van der Waals surface area contributed by atoms with Crippen molar-refractivity contribution in [3.63, 3.8) is 0 Å². The highest BCUT2D eigenvalue weighted by atomic mass is 19.1. The first-order chi connectivity index (χ1) is 12.8. The van der Waals surface area contributed by atoms with Crippen LogP contribution in [0.5, 0.6) is 0 Å². The van der Waals surface area contributed by atoms with Crippen LogP contribution in [0.4, 0.5) is 4.39 Å². The predicted molar refractivity (Wildman–Crippen MR) is 97.1 cm³/mol. The first kappa shape index (κ1) is 16.5. The van der Waals surface area contributed by atoms with Crippen LogP contribution >= 0.6 is 0 Å². The lowest BCUT2D eigenvalue weighted by molar-refractivity contribution is -0.128. The maximum atomic E-state index is 13.5. The summed E-state index contributed by atoms with van der Waals surface area (Å²) in [5, 5.41) is 0. The van der Waals surface area contributed by atoms with Gasteiger partial charge in [-0.3, -0.25) is 9.78 Å². The van der Waals surface area contributed by atoms with Crippen LogP contribution in [-0.2, 0) is 28.9 Å². The van der Waals surface area contributed by atoms with Crippen LogP contribution in [0.3, 0.4) is 0 Å². The number of aromatic nitrogens is 2. The number of carbonyl (C=O) groups is 1. The highest BCUT2D eigenvalue weighted by Gasteiger charge is 2.27. The maximum Gasteiger partial charge on any atom is 0.293 e. The lowest BCUT2D eigenvalue weighted by atomic mass is 9.94. The molecule has 3 aromatic rings. The molecule has 0 saturated heterocycles. The van der Waals surface area contributed by atoms with E-state index in [0.717, 1.165) is 41.8 Å². The largest absolute Gasteiger partial charge is 0.468 e. The Morgan fingerprint density at radius 3 is 2.62 bits per heavy atom. The molecule has 0 saturated carbocycles. The first-order valence-corrected chi connectivity index (χ1v) is 8.75. The van der Waals surface area contributed by atoms with E-state index in [1.54, 1.807) is 12.4 Å². The Bertz CT molecular complexity index is 917. The highest BCUT2D eigenvalue weighted by molar-refractivity contribution is 5.86. The second-order valence-corrected chi connectivity index (χ2v) is 6.36. The zero-order chi connectivity index (χ0) is 17.9. The summed E-state index contributed by atoms with van der Waals surface area (Å²) in [6.45, 7) is 1.78. The molecule has 3 heterocycles. The molecule has 0 aliphatic carbocycles. The predicted octanol–water partition coefficient (Wildman–Crippen LogP) is 4.02. The summed E-state index contributed by atoms with van der Waals surface area (Å²) in [5.74, 6) is -0.253. The summed E-state index contributed by atoms with van der Waals surface area (Å²) in [6.07, 6.45) is 6.31. The summed E-state index contributed by atoms with van der Waals surface area (Å²) in [6, 6.07) is 10.6. The molecule has 0 N–H and O–H groups in total. The second-order valence-electron chi connectivity index (χ2n) is 6.36. The lowest BCUT2D eigenvalue weighted by Gasteiger charge is -2.11. The van der Waals surface area contributed by atoms with Crippen molar-refractivity contribution in [3.05, 3.63) is 65.9 Å². The Hall–Kier alpha value is -2.95. The van der Waals surface area contributed by atoms with Gasteiger partial charge < -0.3 is 9.30 Å². The number of pyridine rings is 1. The Kier molecular flexibility index (Phi) is 4.52. The topological polar surface area (TPSA) is 44.1 Å². The quantitative estimate of drug-likeness (QED) is 0.498. The van der Waals surface area contributed by atoms with E-state index in [2.05, 4.69) is 9.55 Å². The lowest BCUT2D eigenvalue weighted by Crippen LogP contribution is -2.00.